The van der Waals surface area contributed by atoms with Gasteiger partial charge < -0.3 is 9.47 Å². The summed E-state index contributed by atoms with van der Waals surface area (Å²) in [5, 5.41) is 0. The summed E-state index contributed by atoms with van der Waals surface area (Å²) in [6, 6.07) is 0. The molecule has 0 aromatic carbocycles. The minimum Gasteiger partial charge on any atom is -0.490 e. The van der Waals surface area contributed by atoms with E-state index in [9.17, 15) is 4.79 Å². The summed E-state index contributed by atoms with van der Waals surface area (Å²) < 4.78 is 10.2. The summed E-state index contributed by atoms with van der Waals surface area (Å²) in [4.78, 5) is 11.4. The molecule has 70 valence electrons. The van der Waals surface area contributed by atoms with Gasteiger partial charge in [0.15, 0.2) is 0 Å². The van der Waals surface area contributed by atoms with Crippen molar-refractivity contribution in [2.24, 2.45) is 5.92 Å². The molecule has 1 aliphatic heterocycles. The van der Waals surface area contributed by atoms with Crippen molar-refractivity contribution in [1.29, 1.82) is 0 Å². The maximum atomic E-state index is 11.4. The van der Waals surface area contributed by atoms with E-state index in [2.05, 4.69) is 0 Å². The predicted molar refractivity (Wildman–Crippen MR) is 46.8 cm³/mol. The Morgan fingerprint density at radius 3 is 3.15 bits per heavy atom. The van der Waals surface area contributed by atoms with E-state index in [-0.39, 0.29) is 18.0 Å². The van der Waals surface area contributed by atoms with Crippen LogP contribution in [-0.4, -0.2) is 19.2 Å². The first-order valence-corrected chi connectivity index (χ1v) is 4.36. The Balaban J connectivity index is 2.26. The Morgan fingerprint density at radius 1 is 1.69 bits per heavy atom. The van der Waals surface area contributed by atoms with Crippen LogP contribution < -0.4 is 0 Å². The van der Waals surface area contributed by atoms with Crippen LogP contribution in [0.1, 0.15) is 13.3 Å². The fraction of sp³-hybridized carbons (Fsp3) is 0.500. The van der Waals surface area contributed by atoms with Crippen molar-refractivity contribution in [1.82, 2.24) is 0 Å². The molecule has 2 atom stereocenters. The van der Waals surface area contributed by atoms with E-state index in [4.69, 9.17) is 9.47 Å². The average molecular weight is 180 g/mol. The summed E-state index contributed by atoms with van der Waals surface area (Å²) in [6.07, 6.45) is 5.00. The van der Waals surface area contributed by atoms with Crippen molar-refractivity contribution in [3.05, 3.63) is 23.5 Å². The molecule has 0 bridgehead atoms. The van der Waals surface area contributed by atoms with Gasteiger partial charge in [-0.15, -0.1) is 0 Å². The highest BCUT2D eigenvalue weighted by Crippen LogP contribution is 2.38. The number of methoxy groups -OCH3 is 1. The molecule has 0 aromatic rings. The van der Waals surface area contributed by atoms with Crippen molar-refractivity contribution >= 4 is 5.97 Å². The molecule has 3 nitrogen and oxygen atoms in total. The molecule has 0 saturated heterocycles. The molecule has 0 radical (unpaired) electrons. The van der Waals surface area contributed by atoms with Gasteiger partial charge in [0.25, 0.3) is 0 Å². The van der Waals surface area contributed by atoms with E-state index in [1.165, 1.54) is 7.11 Å². The van der Waals surface area contributed by atoms with Gasteiger partial charge in [-0.1, -0.05) is 6.08 Å². The fourth-order valence-corrected chi connectivity index (χ4v) is 1.96. The van der Waals surface area contributed by atoms with Crippen molar-refractivity contribution in [2.75, 3.05) is 7.11 Å². The molecule has 0 aromatic heterocycles. The summed E-state index contributed by atoms with van der Waals surface area (Å²) >= 11 is 0. The van der Waals surface area contributed by atoms with Gasteiger partial charge in [-0.25, -0.2) is 4.79 Å². The number of esters is 1. The highest BCUT2D eigenvalue weighted by Gasteiger charge is 2.39. The molecule has 2 aliphatic rings. The third-order valence-electron chi connectivity index (χ3n) is 2.58. The van der Waals surface area contributed by atoms with Crippen LogP contribution in [0.25, 0.3) is 0 Å². The van der Waals surface area contributed by atoms with Crippen LogP contribution in [0.3, 0.4) is 0 Å². The molecule has 0 spiro atoms. The minimum absolute atomic E-state index is 0.0640. The van der Waals surface area contributed by atoms with Gasteiger partial charge in [0, 0.05) is 5.92 Å². The van der Waals surface area contributed by atoms with Gasteiger partial charge in [-0.05, 0) is 19.4 Å². The Bertz CT molecular complexity index is 301. The van der Waals surface area contributed by atoms with Gasteiger partial charge in [0.05, 0.1) is 12.7 Å². The van der Waals surface area contributed by atoms with Gasteiger partial charge in [0.2, 0.25) is 0 Å². The normalized spacial score (nSPS) is 30.3. The summed E-state index contributed by atoms with van der Waals surface area (Å²) in [6.45, 7) is 1.82. The lowest BCUT2D eigenvalue weighted by molar-refractivity contribution is -0.136. The van der Waals surface area contributed by atoms with Gasteiger partial charge in [0.1, 0.15) is 11.9 Å². The highest BCUT2D eigenvalue weighted by atomic mass is 16.5. The standard InChI is InChI=1S/C10H12O3/c1-6-9(10(11)12-2)7-4-3-5-8(7)13-6/h3,5,7-8H,4H2,1-2H3/t7-,8+/m1/s1. The molecule has 0 N–H and O–H groups in total. The molecule has 1 heterocycles. The van der Waals surface area contributed by atoms with E-state index < -0.39 is 0 Å². The Morgan fingerprint density at radius 2 is 2.46 bits per heavy atom. The number of ether oxygens (including phenoxy) is 2. The van der Waals surface area contributed by atoms with Gasteiger partial charge in [-0.3, -0.25) is 0 Å². The van der Waals surface area contributed by atoms with Gasteiger partial charge >= 0.3 is 5.97 Å². The molecule has 2 rings (SSSR count). The first kappa shape index (κ1) is 8.35. The second-order valence-corrected chi connectivity index (χ2v) is 3.31. The van der Waals surface area contributed by atoms with E-state index in [0.717, 1.165) is 6.42 Å². The third kappa shape index (κ3) is 1.15. The Hall–Kier alpha value is -1.25. The lowest BCUT2D eigenvalue weighted by Gasteiger charge is -2.09. The zero-order valence-corrected chi connectivity index (χ0v) is 7.74. The van der Waals surface area contributed by atoms with Gasteiger partial charge in [-0.2, -0.15) is 0 Å². The smallest absolute Gasteiger partial charge is 0.337 e. The zero-order chi connectivity index (χ0) is 9.42. The number of fused-ring (bicyclic) bond motifs is 1. The number of allylic oxidation sites excluding steroid dienone is 2. The lowest BCUT2D eigenvalue weighted by Crippen LogP contribution is -2.16. The van der Waals surface area contributed by atoms with Crippen molar-refractivity contribution in [2.45, 2.75) is 19.4 Å². The topological polar surface area (TPSA) is 35.5 Å². The van der Waals surface area contributed by atoms with Crippen LogP contribution in [0.4, 0.5) is 0 Å². The van der Waals surface area contributed by atoms with Crippen LogP contribution in [0.15, 0.2) is 23.5 Å². The molecule has 0 fully saturated rings. The SMILES string of the molecule is COC(=O)C1=C(C)O[C@H]2C=CC[C@@H]12. The molecule has 1 aliphatic carbocycles. The maximum absolute atomic E-state index is 11.4. The molecule has 3 heteroatoms. The van der Waals surface area contributed by atoms with Crippen molar-refractivity contribution in [3.8, 4) is 0 Å². The average Bonchev–Trinajstić information content (AvgIpc) is 2.62. The zero-order valence-electron chi connectivity index (χ0n) is 7.74. The predicted octanol–water partition coefficient (Wildman–Crippen LogP) is 1.41. The molecular weight excluding hydrogens is 168 g/mol. The minimum atomic E-state index is -0.256. The summed E-state index contributed by atoms with van der Waals surface area (Å²) in [7, 11) is 1.40. The van der Waals surface area contributed by atoms with Crippen LogP contribution in [0.5, 0.6) is 0 Å². The number of rotatable bonds is 1. The van der Waals surface area contributed by atoms with E-state index in [1.54, 1.807) is 0 Å². The maximum Gasteiger partial charge on any atom is 0.337 e. The van der Waals surface area contributed by atoms with Crippen LogP contribution in [0.2, 0.25) is 0 Å². The highest BCUT2D eigenvalue weighted by molar-refractivity contribution is 5.90. The largest absolute Gasteiger partial charge is 0.490 e. The van der Waals surface area contributed by atoms with Crippen LogP contribution in [-0.2, 0) is 14.3 Å². The third-order valence-corrected chi connectivity index (χ3v) is 2.58. The van der Waals surface area contributed by atoms with Crippen LogP contribution in [0, 0.1) is 5.92 Å². The van der Waals surface area contributed by atoms with E-state index >= 15 is 0 Å². The Labute approximate surface area is 77.0 Å². The molecule has 13 heavy (non-hydrogen) atoms. The summed E-state index contributed by atoms with van der Waals surface area (Å²) in [5.74, 6) is 0.646. The number of hydrogen-bond donors (Lipinski definition) is 0. The second kappa shape index (κ2) is 2.91. The second-order valence-electron chi connectivity index (χ2n) is 3.31. The monoisotopic (exact) mass is 180 g/mol. The molecule has 0 amide bonds. The first-order chi connectivity index (χ1) is 6.24. The lowest BCUT2D eigenvalue weighted by atomic mass is 9.96. The van der Waals surface area contributed by atoms with E-state index in [0.29, 0.717) is 11.3 Å². The number of carbonyl (C=O) groups is 1. The first-order valence-electron chi connectivity index (χ1n) is 4.36. The van der Waals surface area contributed by atoms with Crippen LogP contribution >= 0.6 is 0 Å². The Kier molecular flexibility index (Phi) is 1.87. The molecular formula is C10H12O3. The molecule has 0 unspecified atom stereocenters. The number of hydrogen-bond acceptors (Lipinski definition) is 3. The molecule has 0 saturated carbocycles. The quantitative estimate of drug-likeness (QED) is 0.452. The number of carbonyl (C=O) groups excluding carboxylic acids is 1. The van der Waals surface area contributed by atoms with E-state index in [1.807, 2.05) is 19.1 Å². The van der Waals surface area contributed by atoms with Crippen molar-refractivity contribution < 1.29 is 14.3 Å². The van der Waals surface area contributed by atoms with Crippen molar-refractivity contribution in [3.63, 3.8) is 0 Å². The summed E-state index contributed by atoms with van der Waals surface area (Å²) in [5.41, 5.74) is 0.706. The fourth-order valence-electron chi connectivity index (χ4n) is 1.96.